The lowest BCUT2D eigenvalue weighted by atomic mass is 10.1. The van der Waals surface area contributed by atoms with Crippen LogP contribution in [0.3, 0.4) is 0 Å². The van der Waals surface area contributed by atoms with Crippen LogP contribution in [-0.2, 0) is 33.1 Å². The summed E-state index contributed by atoms with van der Waals surface area (Å²) in [6.07, 6.45) is 14.8. The quantitative estimate of drug-likeness (QED) is 0.0860. The van der Waals surface area contributed by atoms with Gasteiger partial charge in [0.15, 0.2) is 0 Å². The summed E-state index contributed by atoms with van der Waals surface area (Å²) in [5, 5.41) is 11.6. The number of halogens is 4. The van der Waals surface area contributed by atoms with Gasteiger partial charge in [0, 0.05) is 45.1 Å². The molecule has 6 aromatic rings. The van der Waals surface area contributed by atoms with E-state index in [1.54, 1.807) is 57.9 Å². The zero-order valence-corrected chi connectivity index (χ0v) is 35.2. The van der Waals surface area contributed by atoms with Crippen LogP contribution in [0.25, 0.3) is 46.0 Å². The number of unbranched alkanes of at least 4 members (excludes halogenated alkanes) is 5. The zero-order chi connectivity index (χ0) is 40.9. The summed E-state index contributed by atoms with van der Waals surface area (Å²) in [6.45, 7) is 0. The Bertz CT molecular complexity index is 2720. The highest BCUT2D eigenvalue weighted by molar-refractivity contribution is 7.86. The van der Waals surface area contributed by atoms with Gasteiger partial charge in [-0.1, -0.05) is 83.5 Å². The second-order valence-electron chi connectivity index (χ2n) is 14.2. The molecular weight excluding hydrogens is 862 g/mol. The van der Waals surface area contributed by atoms with Crippen molar-refractivity contribution in [2.45, 2.75) is 61.2 Å². The van der Waals surface area contributed by atoms with Crippen LogP contribution in [0, 0.1) is 0 Å². The topological polar surface area (TPSA) is 144 Å². The number of rotatable bonds is 13. The molecule has 298 valence electrons. The summed E-state index contributed by atoms with van der Waals surface area (Å²) < 4.78 is 70.3. The first kappa shape index (κ1) is 40.5. The molecule has 10 nitrogen and oxygen atoms in total. The summed E-state index contributed by atoms with van der Waals surface area (Å²) in [5.41, 5.74) is 9.48. The van der Waals surface area contributed by atoms with Gasteiger partial charge in [-0.05, 0) is 110 Å². The van der Waals surface area contributed by atoms with Gasteiger partial charge in [-0.15, -0.1) is 0 Å². The molecule has 0 fully saturated rings. The molecule has 2 aliphatic rings. The molecule has 0 atom stereocenters. The maximum absolute atomic E-state index is 11.9. The lowest BCUT2D eigenvalue weighted by Crippen LogP contribution is -2.02. The van der Waals surface area contributed by atoms with Gasteiger partial charge in [0.05, 0.1) is 54.0 Å². The average Bonchev–Trinajstić information content (AvgIpc) is 3.91. The Labute approximate surface area is 355 Å². The third-order valence-corrected chi connectivity index (χ3v) is 13.1. The molecule has 2 heterocycles. The molecule has 0 saturated carbocycles. The summed E-state index contributed by atoms with van der Waals surface area (Å²) in [5.74, 6) is 0. The zero-order valence-electron chi connectivity index (χ0n) is 30.5. The van der Waals surface area contributed by atoms with Crippen LogP contribution in [0.15, 0.2) is 94.7 Å². The van der Waals surface area contributed by atoms with E-state index in [2.05, 4.69) is 12.2 Å². The SMILES string of the molecule is O=S(=O)(O)c1ccc2c(c1)Cc1c(/C=C/CCCCCC/C=C/c3nn(-c4ccc(Cl)cc4Cl)c4c3Cc3cc(S(=O)(=O)O)ccc3-4)nn(-c3ccc(Cl)cc3Cl)c1-2. The molecule has 0 radical (unpaired) electrons. The number of fused-ring (bicyclic) bond motifs is 6. The Kier molecular flexibility index (Phi) is 11.2. The molecule has 0 aliphatic heterocycles. The van der Waals surface area contributed by atoms with E-state index in [1.807, 2.05) is 12.2 Å². The number of allylic oxidation sites excluding steroid dienone is 2. The van der Waals surface area contributed by atoms with Crippen molar-refractivity contribution in [2.24, 2.45) is 0 Å². The first-order valence-corrected chi connectivity index (χ1v) is 22.8. The fourth-order valence-corrected chi connectivity index (χ4v) is 9.66. The standard InChI is InChI=1S/C42H34Cl4N4O6S2/c43-27-11-17-39(35(45)23-27)49-41-31-15-13-29(57(51,52)53)19-25(31)21-33(41)37(47-49)9-7-5-3-1-2-4-6-8-10-38-34-22-26-20-30(58(54,55)56)14-16-32(26)42(34)50(48-38)40-18-12-28(44)24-36(40)46/h7-20,23-24H,1-6,21-22H2,(H,51,52,53)(H,54,55,56)/b9-7+,10-8+. The van der Waals surface area contributed by atoms with Gasteiger partial charge in [-0.25, -0.2) is 9.36 Å². The summed E-state index contributed by atoms with van der Waals surface area (Å²) >= 11 is 25.6. The molecule has 2 aliphatic carbocycles. The Morgan fingerprint density at radius 1 is 0.569 bits per heavy atom. The van der Waals surface area contributed by atoms with E-state index in [4.69, 9.17) is 56.6 Å². The van der Waals surface area contributed by atoms with Crippen molar-refractivity contribution in [3.63, 3.8) is 0 Å². The largest absolute Gasteiger partial charge is 0.294 e. The van der Waals surface area contributed by atoms with E-state index in [9.17, 15) is 25.9 Å². The third-order valence-electron chi connectivity index (χ3n) is 10.3. The van der Waals surface area contributed by atoms with Gasteiger partial charge in [-0.3, -0.25) is 9.11 Å². The van der Waals surface area contributed by atoms with Crippen molar-refractivity contribution in [3.05, 3.63) is 139 Å². The lowest BCUT2D eigenvalue weighted by Gasteiger charge is -2.10. The average molecular weight is 897 g/mol. The molecule has 0 spiro atoms. The van der Waals surface area contributed by atoms with E-state index in [1.165, 1.54) is 24.3 Å². The van der Waals surface area contributed by atoms with Crippen molar-refractivity contribution in [2.75, 3.05) is 0 Å². The van der Waals surface area contributed by atoms with E-state index < -0.39 is 20.2 Å². The minimum atomic E-state index is -4.36. The molecule has 8 rings (SSSR count). The van der Waals surface area contributed by atoms with E-state index in [0.29, 0.717) is 44.3 Å². The van der Waals surface area contributed by atoms with Crippen molar-refractivity contribution in [1.82, 2.24) is 19.6 Å². The second kappa shape index (κ2) is 16.1. The van der Waals surface area contributed by atoms with Gasteiger partial charge >= 0.3 is 0 Å². The summed E-state index contributed by atoms with van der Waals surface area (Å²) in [4.78, 5) is -0.311. The summed E-state index contributed by atoms with van der Waals surface area (Å²) in [7, 11) is -8.72. The highest BCUT2D eigenvalue weighted by Gasteiger charge is 2.31. The van der Waals surface area contributed by atoms with Crippen LogP contribution in [0.2, 0.25) is 20.1 Å². The molecule has 0 unspecified atom stereocenters. The van der Waals surface area contributed by atoms with Crippen molar-refractivity contribution in [3.8, 4) is 33.9 Å². The highest BCUT2D eigenvalue weighted by atomic mass is 35.5. The van der Waals surface area contributed by atoms with Gasteiger partial charge < -0.3 is 0 Å². The number of nitrogens with zero attached hydrogens (tertiary/aromatic N) is 4. The second-order valence-corrected chi connectivity index (χ2v) is 18.7. The molecule has 4 aromatic carbocycles. The molecule has 2 N–H and O–H groups in total. The van der Waals surface area contributed by atoms with E-state index in [-0.39, 0.29) is 9.79 Å². The fourth-order valence-electron chi connectivity index (χ4n) is 7.62. The Balaban J connectivity index is 0.912. The molecular formula is C42H34Cl4N4O6S2. The van der Waals surface area contributed by atoms with Crippen molar-refractivity contribution in [1.29, 1.82) is 0 Å². The van der Waals surface area contributed by atoms with Crippen LogP contribution >= 0.6 is 46.4 Å². The van der Waals surface area contributed by atoms with Crippen LogP contribution in [0.1, 0.15) is 72.2 Å². The highest BCUT2D eigenvalue weighted by Crippen LogP contribution is 2.44. The maximum atomic E-state index is 11.9. The Morgan fingerprint density at radius 3 is 1.36 bits per heavy atom. The predicted octanol–water partition coefficient (Wildman–Crippen LogP) is 11.4. The first-order chi connectivity index (χ1) is 27.7. The van der Waals surface area contributed by atoms with Gasteiger partial charge in [-0.2, -0.15) is 27.0 Å². The molecule has 0 saturated heterocycles. The molecule has 58 heavy (non-hydrogen) atoms. The minimum absolute atomic E-state index is 0.156. The normalized spacial score (nSPS) is 13.4. The molecule has 0 bridgehead atoms. The smallest absolute Gasteiger partial charge is 0.282 e. The summed E-state index contributed by atoms with van der Waals surface area (Å²) in [6, 6.07) is 19.5. The molecule has 0 amide bonds. The maximum Gasteiger partial charge on any atom is 0.294 e. The van der Waals surface area contributed by atoms with E-state index >= 15 is 0 Å². The predicted molar refractivity (Wildman–Crippen MR) is 229 cm³/mol. The number of aromatic nitrogens is 4. The number of benzene rings is 4. The number of hydrogen-bond donors (Lipinski definition) is 2. The molecule has 2 aromatic heterocycles. The number of hydrogen-bond acceptors (Lipinski definition) is 6. The first-order valence-electron chi connectivity index (χ1n) is 18.4. The van der Waals surface area contributed by atoms with Crippen molar-refractivity contribution >= 4 is 78.8 Å². The van der Waals surface area contributed by atoms with Crippen LogP contribution in [0.4, 0.5) is 0 Å². The Hall–Kier alpha value is -4.24. The third kappa shape index (κ3) is 8.04. The van der Waals surface area contributed by atoms with Crippen LogP contribution in [-0.4, -0.2) is 45.5 Å². The van der Waals surface area contributed by atoms with Crippen LogP contribution in [0.5, 0.6) is 0 Å². The van der Waals surface area contributed by atoms with Gasteiger partial charge in [0.2, 0.25) is 0 Å². The van der Waals surface area contributed by atoms with Crippen LogP contribution < -0.4 is 0 Å². The van der Waals surface area contributed by atoms with Crippen molar-refractivity contribution < 1.29 is 25.9 Å². The van der Waals surface area contributed by atoms with E-state index in [0.717, 1.165) is 94.7 Å². The lowest BCUT2D eigenvalue weighted by molar-refractivity contribution is 0.481. The monoisotopic (exact) mass is 894 g/mol. The Morgan fingerprint density at radius 2 is 0.983 bits per heavy atom. The van der Waals surface area contributed by atoms with Gasteiger partial charge in [0.1, 0.15) is 0 Å². The minimum Gasteiger partial charge on any atom is -0.282 e. The molecule has 16 heteroatoms. The fraction of sp³-hybridized carbons (Fsp3) is 0.190. The van der Waals surface area contributed by atoms with Gasteiger partial charge in [0.25, 0.3) is 20.2 Å².